The van der Waals surface area contributed by atoms with E-state index in [1.807, 2.05) is 0 Å². The Morgan fingerprint density at radius 3 is 1.63 bits per heavy atom. The zero-order valence-electron chi connectivity index (χ0n) is 17.9. The van der Waals surface area contributed by atoms with E-state index in [9.17, 15) is 0 Å². The minimum atomic E-state index is -2.01. The molecule has 3 aromatic rings. The van der Waals surface area contributed by atoms with Crippen LogP contribution in [0.2, 0.25) is 0 Å². The van der Waals surface area contributed by atoms with Crippen LogP contribution in [0.25, 0.3) is 0 Å². The van der Waals surface area contributed by atoms with Crippen molar-refractivity contribution < 1.29 is 4.74 Å². The molecule has 0 aliphatic heterocycles. The van der Waals surface area contributed by atoms with Gasteiger partial charge in [-0.05, 0) is 55.8 Å². The van der Waals surface area contributed by atoms with Gasteiger partial charge in [0.1, 0.15) is 34.2 Å². The molecule has 0 bridgehead atoms. The fourth-order valence-electron chi connectivity index (χ4n) is 4.53. The van der Waals surface area contributed by atoms with E-state index in [1.54, 1.807) is 0 Å². The van der Waals surface area contributed by atoms with Gasteiger partial charge in [0.2, 0.25) is 0 Å². The Morgan fingerprint density at radius 1 is 0.767 bits per heavy atom. The van der Waals surface area contributed by atoms with Gasteiger partial charge >= 0.3 is 0 Å². The van der Waals surface area contributed by atoms with Crippen LogP contribution in [0.1, 0.15) is 39.5 Å². The van der Waals surface area contributed by atoms with Crippen LogP contribution in [0.5, 0.6) is 0 Å². The number of benzene rings is 3. The molecular weight excluding hydrogens is 383 g/mol. The molecule has 0 fully saturated rings. The third-order valence-electron chi connectivity index (χ3n) is 5.90. The molecule has 0 saturated heterocycles. The summed E-state index contributed by atoms with van der Waals surface area (Å²) < 4.78 is 6.56. The summed E-state index contributed by atoms with van der Waals surface area (Å²) in [6, 6.07) is 33.3. The van der Waals surface area contributed by atoms with E-state index in [2.05, 4.69) is 111 Å². The first-order chi connectivity index (χ1) is 14.8. The van der Waals surface area contributed by atoms with Crippen LogP contribution in [-0.4, -0.2) is 0 Å². The van der Waals surface area contributed by atoms with Gasteiger partial charge < -0.3 is 4.74 Å². The topological polar surface area (TPSA) is 9.23 Å². The quantitative estimate of drug-likeness (QED) is 0.309. The summed E-state index contributed by atoms with van der Waals surface area (Å²) >= 11 is 0. The SMILES string of the molecule is CC=C(CC)OC1=C([P+](c2ccccc2)(c2ccccc2)c2ccccc2)CCC1. The Balaban J connectivity index is 2.05. The summed E-state index contributed by atoms with van der Waals surface area (Å²) in [5, 5.41) is 5.70. The van der Waals surface area contributed by atoms with E-state index in [-0.39, 0.29) is 0 Å². The highest BCUT2D eigenvalue weighted by molar-refractivity contribution is 7.99. The van der Waals surface area contributed by atoms with E-state index in [0.717, 1.165) is 31.4 Å². The minimum absolute atomic E-state index is 0.917. The predicted molar refractivity (Wildman–Crippen MR) is 131 cm³/mol. The number of hydrogen-bond donors (Lipinski definition) is 0. The summed E-state index contributed by atoms with van der Waals surface area (Å²) in [5.41, 5.74) is 0. The normalized spacial score (nSPS) is 14.8. The molecule has 152 valence electrons. The monoisotopic (exact) mass is 413 g/mol. The van der Waals surface area contributed by atoms with Gasteiger partial charge in [-0.3, -0.25) is 0 Å². The van der Waals surface area contributed by atoms with Crippen molar-refractivity contribution in [2.45, 2.75) is 39.5 Å². The zero-order chi connectivity index (χ0) is 20.8. The second kappa shape index (κ2) is 9.45. The van der Waals surface area contributed by atoms with Crippen molar-refractivity contribution in [1.29, 1.82) is 0 Å². The molecule has 4 rings (SSSR count). The molecule has 0 aromatic heterocycles. The van der Waals surface area contributed by atoms with Crippen molar-refractivity contribution in [3.63, 3.8) is 0 Å². The van der Waals surface area contributed by atoms with Gasteiger partial charge in [-0.2, -0.15) is 0 Å². The van der Waals surface area contributed by atoms with Gasteiger partial charge in [-0.1, -0.05) is 61.5 Å². The van der Waals surface area contributed by atoms with Crippen molar-refractivity contribution in [3.8, 4) is 0 Å². The van der Waals surface area contributed by atoms with Gasteiger partial charge in [0, 0.05) is 19.3 Å². The Hall–Kier alpha value is -2.63. The summed E-state index contributed by atoms with van der Waals surface area (Å²) in [5.74, 6) is 2.26. The van der Waals surface area contributed by atoms with Gasteiger partial charge in [0.25, 0.3) is 0 Å². The highest BCUT2D eigenvalue weighted by Crippen LogP contribution is 2.66. The van der Waals surface area contributed by atoms with E-state index in [1.165, 1.54) is 27.0 Å². The lowest BCUT2D eigenvalue weighted by atomic mass is 10.3. The maximum Gasteiger partial charge on any atom is 0.143 e. The molecule has 0 amide bonds. The maximum absolute atomic E-state index is 6.56. The van der Waals surface area contributed by atoms with Crippen molar-refractivity contribution in [2.24, 2.45) is 0 Å². The highest BCUT2D eigenvalue weighted by atomic mass is 31.2. The lowest BCUT2D eigenvalue weighted by Crippen LogP contribution is -2.32. The Labute approximate surface area is 181 Å². The molecule has 1 nitrogen and oxygen atoms in total. The summed E-state index contributed by atoms with van der Waals surface area (Å²) in [6.07, 6.45) is 6.28. The third kappa shape index (κ3) is 3.75. The fourth-order valence-corrected chi connectivity index (χ4v) is 9.24. The number of ether oxygens (including phenoxy) is 1. The Kier molecular flexibility index (Phi) is 6.50. The van der Waals surface area contributed by atoms with E-state index >= 15 is 0 Å². The molecule has 0 heterocycles. The molecule has 0 saturated carbocycles. The summed E-state index contributed by atoms with van der Waals surface area (Å²) in [4.78, 5) is 0. The number of allylic oxidation sites excluding steroid dienone is 4. The maximum atomic E-state index is 6.56. The molecule has 0 spiro atoms. The molecule has 1 aliphatic carbocycles. The first-order valence-electron chi connectivity index (χ1n) is 10.9. The van der Waals surface area contributed by atoms with Crippen molar-refractivity contribution in [1.82, 2.24) is 0 Å². The lowest BCUT2D eigenvalue weighted by Gasteiger charge is -2.29. The average molecular weight is 414 g/mol. The van der Waals surface area contributed by atoms with E-state index in [4.69, 9.17) is 4.74 Å². The number of hydrogen-bond acceptors (Lipinski definition) is 1. The molecule has 0 N–H and O–H groups in total. The molecule has 1 aliphatic rings. The minimum Gasteiger partial charge on any atom is -0.463 e. The van der Waals surface area contributed by atoms with Gasteiger partial charge in [0.15, 0.2) is 0 Å². The molecule has 30 heavy (non-hydrogen) atoms. The predicted octanol–water partition coefficient (Wildman–Crippen LogP) is 6.71. The lowest BCUT2D eigenvalue weighted by molar-refractivity contribution is 0.284. The first kappa shape index (κ1) is 20.6. The van der Waals surface area contributed by atoms with Crippen LogP contribution in [-0.2, 0) is 4.74 Å². The summed E-state index contributed by atoms with van der Waals surface area (Å²) in [7, 11) is -2.01. The molecule has 3 aromatic carbocycles. The fraction of sp³-hybridized carbons (Fsp3) is 0.214. The van der Waals surface area contributed by atoms with Gasteiger partial charge in [-0.25, -0.2) is 0 Å². The van der Waals surface area contributed by atoms with Gasteiger partial charge in [-0.15, -0.1) is 0 Å². The third-order valence-corrected chi connectivity index (χ3v) is 10.4. The standard InChI is InChI=1S/C28H30OP/c1-3-23(4-2)29-27-21-14-22-28(27)30(24-15-8-5-9-16-24,25-17-10-6-11-18-25)26-19-12-7-13-20-26/h3,5-13,15-20H,4,14,21-22H2,1-2H3/q+1. The Bertz CT molecular complexity index is 923. The van der Waals surface area contributed by atoms with Crippen molar-refractivity contribution in [3.05, 3.63) is 114 Å². The molecule has 0 unspecified atom stereocenters. The van der Waals surface area contributed by atoms with Gasteiger partial charge in [0.05, 0.1) is 5.76 Å². The Morgan fingerprint density at radius 2 is 1.23 bits per heavy atom. The van der Waals surface area contributed by atoms with Crippen LogP contribution in [0.3, 0.4) is 0 Å². The largest absolute Gasteiger partial charge is 0.463 e. The van der Waals surface area contributed by atoms with Crippen LogP contribution < -0.4 is 15.9 Å². The smallest absolute Gasteiger partial charge is 0.143 e. The first-order valence-corrected chi connectivity index (χ1v) is 12.7. The van der Waals surface area contributed by atoms with Crippen LogP contribution >= 0.6 is 7.26 Å². The van der Waals surface area contributed by atoms with Crippen molar-refractivity contribution >= 4 is 23.2 Å². The molecule has 2 heteroatoms. The van der Waals surface area contributed by atoms with E-state index < -0.39 is 7.26 Å². The molecule has 0 atom stereocenters. The van der Waals surface area contributed by atoms with E-state index in [0.29, 0.717) is 0 Å². The zero-order valence-corrected chi connectivity index (χ0v) is 18.8. The number of rotatable bonds is 7. The van der Waals surface area contributed by atoms with Crippen molar-refractivity contribution in [2.75, 3.05) is 0 Å². The second-order valence-electron chi connectivity index (χ2n) is 7.61. The van der Waals surface area contributed by atoms with Crippen LogP contribution in [0, 0.1) is 0 Å². The summed E-state index contributed by atoms with van der Waals surface area (Å²) in [6.45, 7) is 4.24. The molecule has 0 radical (unpaired) electrons. The highest BCUT2D eigenvalue weighted by Gasteiger charge is 2.52. The molecular formula is C28H30OP+. The average Bonchev–Trinajstić information content (AvgIpc) is 3.28. The second-order valence-corrected chi connectivity index (χ2v) is 11.0. The van der Waals surface area contributed by atoms with Crippen LogP contribution in [0.15, 0.2) is 114 Å². The van der Waals surface area contributed by atoms with Crippen LogP contribution in [0.4, 0.5) is 0 Å².